The second-order valence-electron chi connectivity index (χ2n) is 6.32. The van der Waals surface area contributed by atoms with E-state index in [0.29, 0.717) is 17.4 Å². The standard InChI is InChI=1S/C20H23N3O2S/c1-14-12-16(15(2)22(14)10-11-25-4)13-18-19(24)23(20(26)21(18)3)17-8-6-5-7-9-17/h5-9,12-13H,10-11H2,1-4H3/b18-13-. The van der Waals surface area contributed by atoms with Gasteiger partial charge in [0.1, 0.15) is 5.70 Å². The van der Waals surface area contributed by atoms with E-state index in [0.717, 1.165) is 29.2 Å². The molecule has 1 aliphatic heterocycles. The number of rotatable bonds is 5. The topological polar surface area (TPSA) is 37.7 Å². The van der Waals surface area contributed by atoms with Crippen molar-refractivity contribution in [3.05, 3.63) is 59.0 Å². The van der Waals surface area contributed by atoms with Gasteiger partial charge < -0.3 is 14.2 Å². The van der Waals surface area contributed by atoms with Crippen molar-refractivity contribution in [3.8, 4) is 0 Å². The number of para-hydroxylation sites is 1. The predicted molar refractivity (Wildman–Crippen MR) is 108 cm³/mol. The Bertz CT molecular complexity index is 871. The number of anilines is 1. The molecule has 6 heteroatoms. The molecule has 0 atom stereocenters. The van der Waals surface area contributed by atoms with Gasteiger partial charge in [-0.25, -0.2) is 0 Å². The van der Waals surface area contributed by atoms with Gasteiger partial charge in [-0.2, -0.15) is 0 Å². The first-order chi connectivity index (χ1) is 12.5. The van der Waals surface area contributed by atoms with E-state index in [4.69, 9.17) is 17.0 Å². The number of methoxy groups -OCH3 is 1. The highest BCUT2D eigenvalue weighted by Crippen LogP contribution is 2.28. The van der Waals surface area contributed by atoms with Gasteiger partial charge in [0.15, 0.2) is 5.11 Å². The maximum absolute atomic E-state index is 13.0. The SMILES string of the molecule is COCCn1c(C)cc(/C=C2/C(=O)N(c3ccccc3)C(=S)N2C)c1C. The van der Waals surface area contributed by atoms with Crippen LogP contribution < -0.4 is 4.90 Å². The van der Waals surface area contributed by atoms with Crippen LogP contribution in [-0.4, -0.2) is 41.3 Å². The van der Waals surface area contributed by atoms with Crippen molar-refractivity contribution in [2.24, 2.45) is 0 Å². The fourth-order valence-electron chi connectivity index (χ4n) is 3.21. The average Bonchev–Trinajstić information content (AvgIpc) is 3.02. The average molecular weight is 369 g/mol. The molecular formula is C20H23N3O2S. The van der Waals surface area contributed by atoms with Crippen LogP contribution in [0.5, 0.6) is 0 Å². The molecule has 1 aromatic carbocycles. The minimum absolute atomic E-state index is 0.106. The van der Waals surface area contributed by atoms with Gasteiger partial charge in [0.05, 0.1) is 12.3 Å². The fraction of sp³-hybridized carbons (Fsp3) is 0.300. The van der Waals surface area contributed by atoms with Crippen LogP contribution in [0.4, 0.5) is 5.69 Å². The quantitative estimate of drug-likeness (QED) is 0.598. The van der Waals surface area contributed by atoms with Crippen molar-refractivity contribution in [3.63, 3.8) is 0 Å². The van der Waals surface area contributed by atoms with Crippen LogP contribution in [0.25, 0.3) is 6.08 Å². The minimum Gasteiger partial charge on any atom is -0.383 e. The molecule has 0 saturated carbocycles. The lowest BCUT2D eigenvalue weighted by atomic mass is 10.2. The van der Waals surface area contributed by atoms with E-state index in [9.17, 15) is 4.79 Å². The summed E-state index contributed by atoms with van der Waals surface area (Å²) < 4.78 is 7.38. The molecule has 26 heavy (non-hydrogen) atoms. The highest BCUT2D eigenvalue weighted by molar-refractivity contribution is 7.80. The lowest BCUT2D eigenvalue weighted by molar-refractivity contribution is -0.114. The summed E-state index contributed by atoms with van der Waals surface area (Å²) in [6.07, 6.45) is 1.92. The molecule has 1 aliphatic rings. The van der Waals surface area contributed by atoms with Gasteiger partial charge in [0.25, 0.3) is 5.91 Å². The Morgan fingerprint density at radius 2 is 1.88 bits per heavy atom. The highest BCUT2D eigenvalue weighted by Gasteiger charge is 2.36. The molecule has 2 aromatic rings. The van der Waals surface area contributed by atoms with Crippen molar-refractivity contribution in [1.82, 2.24) is 9.47 Å². The van der Waals surface area contributed by atoms with Crippen LogP contribution in [0.3, 0.4) is 0 Å². The summed E-state index contributed by atoms with van der Waals surface area (Å²) in [5, 5.41) is 0.487. The Morgan fingerprint density at radius 3 is 2.54 bits per heavy atom. The third-order valence-electron chi connectivity index (χ3n) is 4.70. The number of thiocarbonyl (C=S) groups is 1. The number of nitrogens with zero attached hydrogens (tertiary/aromatic N) is 3. The normalized spacial score (nSPS) is 16.2. The second-order valence-corrected chi connectivity index (χ2v) is 6.68. The van der Waals surface area contributed by atoms with Gasteiger partial charge >= 0.3 is 0 Å². The van der Waals surface area contributed by atoms with Crippen LogP contribution in [0.2, 0.25) is 0 Å². The molecule has 0 radical (unpaired) electrons. The number of carbonyl (C=O) groups is 1. The largest absolute Gasteiger partial charge is 0.383 e. The van der Waals surface area contributed by atoms with Crippen LogP contribution in [0.15, 0.2) is 42.1 Å². The number of aryl methyl sites for hydroxylation is 1. The predicted octanol–water partition coefficient (Wildman–Crippen LogP) is 3.36. The first-order valence-corrected chi connectivity index (χ1v) is 8.91. The van der Waals surface area contributed by atoms with Gasteiger partial charge in [0.2, 0.25) is 0 Å². The molecule has 1 fully saturated rings. The lowest BCUT2D eigenvalue weighted by Crippen LogP contribution is -2.30. The molecule has 0 unspecified atom stereocenters. The zero-order chi connectivity index (χ0) is 18.8. The molecule has 0 aliphatic carbocycles. The van der Waals surface area contributed by atoms with Gasteiger partial charge in [-0.3, -0.25) is 9.69 Å². The molecule has 5 nitrogen and oxygen atoms in total. The Balaban J connectivity index is 1.97. The smallest absolute Gasteiger partial charge is 0.281 e. The van der Waals surface area contributed by atoms with Crippen molar-refractivity contribution >= 4 is 35.0 Å². The number of amides is 1. The monoisotopic (exact) mass is 369 g/mol. The van der Waals surface area contributed by atoms with Gasteiger partial charge in [0, 0.05) is 32.1 Å². The number of hydrogen-bond donors (Lipinski definition) is 0. The fourth-order valence-corrected chi connectivity index (χ4v) is 3.50. The number of ether oxygens (including phenoxy) is 1. The number of likely N-dealkylation sites (N-methyl/N-ethyl adjacent to an activating group) is 1. The summed E-state index contributed by atoms with van der Waals surface area (Å²) in [7, 11) is 3.53. The van der Waals surface area contributed by atoms with Crippen molar-refractivity contribution < 1.29 is 9.53 Å². The van der Waals surface area contributed by atoms with E-state index in [1.807, 2.05) is 43.5 Å². The highest BCUT2D eigenvalue weighted by atomic mass is 32.1. The Labute approximate surface area is 159 Å². The van der Waals surface area contributed by atoms with Crippen LogP contribution in [0, 0.1) is 13.8 Å². The van der Waals surface area contributed by atoms with Crippen LogP contribution in [-0.2, 0) is 16.1 Å². The van der Waals surface area contributed by atoms with Gasteiger partial charge in [-0.05, 0) is 55.9 Å². The molecule has 0 N–H and O–H groups in total. The number of carbonyl (C=O) groups excluding carboxylic acids is 1. The Hall–Kier alpha value is -2.44. The number of aromatic nitrogens is 1. The molecular weight excluding hydrogens is 346 g/mol. The van der Waals surface area contributed by atoms with E-state index in [1.54, 1.807) is 16.9 Å². The summed E-state index contributed by atoms with van der Waals surface area (Å²) >= 11 is 5.51. The van der Waals surface area contributed by atoms with Gasteiger partial charge in [-0.1, -0.05) is 18.2 Å². The third kappa shape index (κ3) is 3.18. The third-order valence-corrected chi connectivity index (χ3v) is 5.16. The summed E-state index contributed by atoms with van der Waals surface area (Å²) in [4.78, 5) is 16.4. The van der Waals surface area contributed by atoms with E-state index < -0.39 is 0 Å². The van der Waals surface area contributed by atoms with Crippen molar-refractivity contribution in [2.75, 3.05) is 25.7 Å². The second kappa shape index (κ2) is 7.43. The zero-order valence-corrected chi connectivity index (χ0v) is 16.3. The summed E-state index contributed by atoms with van der Waals surface area (Å²) in [6.45, 7) is 5.56. The van der Waals surface area contributed by atoms with Crippen LogP contribution in [0.1, 0.15) is 17.0 Å². The number of hydrogen-bond acceptors (Lipinski definition) is 3. The first-order valence-electron chi connectivity index (χ1n) is 8.50. The minimum atomic E-state index is -0.106. The summed E-state index contributed by atoms with van der Waals surface area (Å²) in [6, 6.07) is 11.6. The van der Waals surface area contributed by atoms with Crippen molar-refractivity contribution in [2.45, 2.75) is 20.4 Å². The molecule has 1 saturated heterocycles. The summed E-state index contributed by atoms with van der Waals surface area (Å²) in [5.41, 5.74) is 4.62. The Kier molecular flexibility index (Phi) is 5.25. The molecule has 1 amide bonds. The molecule has 2 heterocycles. The van der Waals surface area contributed by atoms with Gasteiger partial charge in [-0.15, -0.1) is 0 Å². The van der Waals surface area contributed by atoms with Crippen LogP contribution >= 0.6 is 12.2 Å². The molecule has 0 spiro atoms. The summed E-state index contributed by atoms with van der Waals surface area (Å²) in [5.74, 6) is -0.106. The van der Waals surface area contributed by atoms with E-state index in [1.165, 1.54) is 0 Å². The molecule has 1 aromatic heterocycles. The zero-order valence-electron chi connectivity index (χ0n) is 15.5. The van der Waals surface area contributed by atoms with E-state index in [2.05, 4.69) is 24.5 Å². The maximum atomic E-state index is 13.0. The Morgan fingerprint density at radius 1 is 1.19 bits per heavy atom. The van der Waals surface area contributed by atoms with Crippen molar-refractivity contribution in [1.29, 1.82) is 0 Å². The van der Waals surface area contributed by atoms with E-state index in [-0.39, 0.29) is 5.91 Å². The first kappa shape index (κ1) is 18.4. The molecule has 0 bridgehead atoms. The maximum Gasteiger partial charge on any atom is 0.281 e. The molecule has 136 valence electrons. The number of benzene rings is 1. The molecule has 3 rings (SSSR count). The lowest BCUT2D eigenvalue weighted by Gasteiger charge is -2.16. The van der Waals surface area contributed by atoms with E-state index >= 15 is 0 Å².